The molecule has 0 saturated heterocycles. The minimum absolute atomic E-state index is 0.421. The van der Waals surface area contributed by atoms with Crippen molar-refractivity contribution in [1.82, 2.24) is 5.32 Å². The number of aryl methyl sites for hydroxylation is 1. The smallest absolute Gasteiger partial charge is 0.126 e. The zero-order valence-electron chi connectivity index (χ0n) is 12.0. The first-order valence-corrected chi connectivity index (χ1v) is 6.98. The van der Waals surface area contributed by atoms with Gasteiger partial charge in [0.1, 0.15) is 5.75 Å². The molecule has 0 radical (unpaired) electrons. The highest BCUT2D eigenvalue weighted by molar-refractivity contribution is 5.46. The number of methoxy groups -OCH3 is 1. The van der Waals surface area contributed by atoms with Crippen molar-refractivity contribution in [1.29, 1.82) is 0 Å². The maximum absolute atomic E-state index is 5.63. The Hall–Kier alpha value is -1.02. The van der Waals surface area contributed by atoms with Crippen molar-refractivity contribution < 1.29 is 4.74 Å². The molecule has 1 aliphatic rings. The van der Waals surface area contributed by atoms with Crippen LogP contribution in [0.3, 0.4) is 0 Å². The van der Waals surface area contributed by atoms with Crippen LogP contribution in [-0.4, -0.2) is 14.2 Å². The molecule has 1 fully saturated rings. The van der Waals surface area contributed by atoms with Gasteiger partial charge in [0.25, 0.3) is 0 Å². The predicted molar refractivity (Wildman–Crippen MR) is 76.2 cm³/mol. The van der Waals surface area contributed by atoms with Gasteiger partial charge in [0.15, 0.2) is 0 Å². The predicted octanol–water partition coefficient (Wildman–Crippen LogP) is 3.76. The monoisotopic (exact) mass is 247 g/mol. The highest BCUT2D eigenvalue weighted by Crippen LogP contribution is 2.38. The molecule has 2 heteroatoms. The Morgan fingerprint density at radius 2 is 2.06 bits per heavy atom. The third-order valence-corrected chi connectivity index (χ3v) is 4.43. The highest BCUT2D eigenvalue weighted by atomic mass is 16.5. The topological polar surface area (TPSA) is 21.3 Å². The van der Waals surface area contributed by atoms with Crippen molar-refractivity contribution in [3.8, 4) is 5.75 Å². The molecule has 0 heterocycles. The summed E-state index contributed by atoms with van der Waals surface area (Å²) < 4.78 is 5.63. The van der Waals surface area contributed by atoms with Crippen molar-refractivity contribution in [3.05, 3.63) is 28.8 Å². The van der Waals surface area contributed by atoms with Crippen molar-refractivity contribution in [3.63, 3.8) is 0 Å². The summed E-state index contributed by atoms with van der Waals surface area (Å²) in [5.74, 6) is 1.96. The van der Waals surface area contributed by atoms with Gasteiger partial charge >= 0.3 is 0 Å². The number of ether oxygens (including phenoxy) is 1. The van der Waals surface area contributed by atoms with Crippen LogP contribution in [0.4, 0.5) is 0 Å². The van der Waals surface area contributed by atoms with Crippen LogP contribution in [0.25, 0.3) is 0 Å². The third-order valence-electron chi connectivity index (χ3n) is 4.43. The summed E-state index contributed by atoms with van der Waals surface area (Å²) in [5, 5.41) is 3.46. The lowest BCUT2D eigenvalue weighted by Gasteiger charge is -2.30. The normalized spacial score (nSPS) is 17.3. The van der Waals surface area contributed by atoms with Crippen LogP contribution >= 0.6 is 0 Å². The van der Waals surface area contributed by atoms with E-state index in [2.05, 4.69) is 38.3 Å². The van der Waals surface area contributed by atoms with Crippen LogP contribution in [0.1, 0.15) is 48.4 Å². The SMILES string of the molecule is CNC(CC1CCC1)c1ccc(C)c(C)c1OC. The van der Waals surface area contributed by atoms with Crippen molar-refractivity contribution in [2.75, 3.05) is 14.2 Å². The van der Waals surface area contributed by atoms with Gasteiger partial charge in [-0.15, -0.1) is 0 Å². The first-order chi connectivity index (χ1) is 8.67. The Morgan fingerprint density at radius 3 is 2.56 bits per heavy atom. The van der Waals surface area contributed by atoms with E-state index in [4.69, 9.17) is 4.74 Å². The molecule has 1 aliphatic carbocycles. The van der Waals surface area contributed by atoms with Gasteiger partial charge in [-0.3, -0.25) is 0 Å². The molecule has 1 aromatic carbocycles. The van der Waals surface area contributed by atoms with E-state index in [0.717, 1.165) is 11.7 Å². The lowest BCUT2D eigenvalue weighted by atomic mass is 9.79. The molecule has 100 valence electrons. The van der Waals surface area contributed by atoms with Crippen LogP contribution in [0.15, 0.2) is 12.1 Å². The molecule has 2 nitrogen and oxygen atoms in total. The second kappa shape index (κ2) is 5.75. The summed E-state index contributed by atoms with van der Waals surface area (Å²) in [6, 6.07) is 4.85. The fraction of sp³-hybridized carbons (Fsp3) is 0.625. The van der Waals surface area contributed by atoms with Crippen LogP contribution < -0.4 is 10.1 Å². The van der Waals surface area contributed by atoms with Crippen LogP contribution in [0.2, 0.25) is 0 Å². The summed E-state index contributed by atoms with van der Waals surface area (Å²) in [6.07, 6.45) is 5.43. The summed E-state index contributed by atoms with van der Waals surface area (Å²) >= 11 is 0. The van der Waals surface area contributed by atoms with E-state index in [0.29, 0.717) is 6.04 Å². The Bertz CT molecular complexity index is 410. The molecular weight excluding hydrogens is 222 g/mol. The van der Waals surface area contributed by atoms with Gasteiger partial charge in [-0.1, -0.05) is 31.4 Å². The zero-order chi connectivity index (χ0) is 13.1. The molecule has 0 aromatic heterocycles. The van der Waals surface area contributed by atoms with E-state index in [1.165, 1.54) is 42.4 Å². The van der Waals surface area contributed by atoms with E-state index in [1.807, 2.05) is 0 Å². The van der Waals surface area contributed by atoms with Crippen LogP contribution in [0.5, 0.6) is 5.75 Å². The summed E-state index contributed by atoms with van der Waals surface area (Å²) in [4.78, 5) is 0. The average molecular weight is 247 g/mol. The van der Waals surface area contributed by atoms with Crippen molar-refractivity contribution in [2.45, 2.75) is 45.6 Å². The van der Waals surface area contributed by atoms with Crippen LogP contribution in [0, 0.1) is 19.8 Å². The quantitative estimate of drug-likeness (QED) is 0.855. The second-order valence-electron chi connectivity index (χ2n) is 5.50. The molecule has 0 amide bonds. The Labute approximate surface area is 111 Å². The molecule has 1 aromatic rings. The maximum atomic E-state index is 5.63. The van der Waals surface area contributed by atoms with Crippen molar-refractivity contribution >= 4 is 0 Å². The van der Waals surface area contributed by atoms with E-state index in [9.17, 15) is 0 Å². The molecule has 0 bridgehead atoms. The van der Waals surface area contributed by atoms with Gasteiger partial charge < -0.3 is 10.1 Å². The second-order valence-corrected chi connectivity index (χ2v) is 5.50. The Balaban J connectivity index is 2.25. The minimum atomic E-state index is 0.421. The lowest BCUT2D eigenvalue weighted by molar-refractivity contribution is 0.263. The van der Waals surface area contributed by atoms with Crippen LogP contribution in [-0.2, 0) is 0 Å². The molecule has 1 saturated carbocycles. The van der Waals surface area contributed by atoms with Gasteiger partial charge in [0, 0.05) is 11.6 Å². The molecule has 0 aliphatic heterocycles. The maximum Gasteiger partial charge on any atom is 0.126 e. The van der Waals surface area contributed by atoms with Gasteiger partial charge in [-0.2, -0.15) is 0 Å². The van der Waals surface area contributed by atoms with Gasteiger partial charge in [0.2, 0.25) is 0 Å². The van der Waals surface area contributed by atoms with Gasteiger partial charge in [-0.25, -0.2) is 0 Å². The Kier molecular flexibility index (Phi) is 4.28. The van der Waals surface area contributed by atoms with E-state index < -0.39 is 0 Å². The largest absolute Gasteiger partial charge is 0.496 e. The summed E-state index contributed by atoms with van der Waals surface area (Å²) in [5.41, 5.74) is 3.88. The van der Waals surface area contributed by atoms with Gasteiger partial charge in [0.05, 0.1) is 7.11 Å². The standard InChI is InChI=1S/C16H25NO/c1-11-8-9-14(16(18-4)12(11)2)15(17-3)10-13-6-5-7-13/h8-9,13,15,17H,5-7,10H2,1-4H3. The van der Waals surface area contributed by atoms with E-state index in [1.54, 1.807) is 7.11 Å². The molecule has 1 unspecified atom stereocenters. The molecule has 0 spiro atoms. The minimum Gasteiger partial charge on any atom is -0.496 e. The molecule has 2 rings (SSSR count). The molecule has 1 atom stereocenters. The molecular formula is C16H25NO. The fourth-order valence-corrected chi connectivity index (χ4v) is 2.82. The van der Waals surface area contributed by atoms with Gasteiger partial charge in [-0.05, 0) is 44.4 Å². The zero-order valence-corrected chi connectivity index (χ0v) is 12.0. The average Bonchev–Trinajstić information content (AvgIpc) is 2.32. The summed E-state index contributed by atoms with van der Waals surface area (Å²) in [7, 11) is 3.83. The highest BCUT2D eigenvalue weighted by Gasteiger charge is 2.24. The summed E-state index contributed by atoms with van der Waals surface area (Å²) in [6.45, 7) is 4.29. The number of hydrogen-bond acceptors (Lipinski definition) is 2. The fourth-order valence-electron chi connectivity index (χ4n) is 2.82. The van der Waals surface area contributed by atoms with E-state index >= 15 is 0 Å². The first-order valence-electron chi connectivity index (χ1n) is 6.98. The molecule has 18 heavy (non-hydrogen) atoms. The van der Waals surface area contributed by atoms with Crippen molar-refractivity contribution in [2.24, 2.45) is 5.92 Å². The number of hydrogen-bond donors (Lipinski definition) is 1. The Morgan fingerprint density at radius 1 is 1.33 bits per heavy atom. The number of rotatable bonds is 5. The number of benzene rings is 1. The third kappa shape index (κ3) is 2.54. The first kappa shape index (κ1) is 13.4. The molecule has 1 N–H and O–H groups in total. The lowest BCUT2D eigenvalue weighted by Crippen LogP contribution is -2.23. The van der Waals surface area contributed by atoms with E-state index in [-0.39, 0.29) is 0 Å². The number of nitrogens with one attached hydrogen (secondary N) is 1.